The van der Waals surface area contributed by atoms with Gasteiger partial charge in [0, 0.05) is 24.4 Å². The molecule has 0 bridgehead atoms. The van der Waals surface area contributed by atoms with Crippen LogP contribution in [0.15, 0.2) is 18.2 Å². The third-order valence-corrected chi connectivity index (χ3v) is 3.60. The Morgan fingerprint density at radius 3 is 2.84 bits per heavy atom. The van der Waals surface area contributed by atoms with Crippen molar-refractivity contribution in [3.05, 3.63) is 23.8 Å². The van der Waals surface area contributed by atoms with Crippen molar-refractivity contribution in [2.75, 3.05) is 27.3 Å². The van der Waals surface area contributed by atoms with E-state index in [1.54, 1.807) is 14.2 Å². The number of carbonyl (C=O) groups is 1. The Bertz CT molecular complexity index is 439. The summed E-state index contributed by atoms with van der Waals surface area (Å²) in [6.07, 6.45) is 2.47. The Morgan fingerprint density at radius 1 is 1.37 bits per heavy atom. The Morgan fingerprint density at radius 2 is 2.21 bits per heavy atom. The minimum Gasteiger partial charge on any atom is -0.497 e. The van der Waals surface area contributed by atoms with E-state index in [1.807, 2.05) is 18.2 Å². The maximum Gasteiger partial charge on any atom is 0.141 e. The molecule has 0 saturated carbocycles. The molecule has 0 amide bonds. The van der Waals surface area contributed by atoms with Gasteiger partial charge in [0.05, 0.1) is 14.2 Å². The van der Waals surface area contributed by atoms with Gasteiger partial charge in [0.2, 0.25) is 0 Å². The van der Waals surface area contributed by atoms with Gasteiger partial charge in [-0.2, -0.15) is 0 Å². The number of hydrogen-bond acceptors (Lipinski definition) is 4. The zero-order valence-corrected chi connectivity index (χ0v) is 11.6. The SMILES string of the molecule is COc1ccc(OC)c(CC(=O)C2CCCNC2)c1. The Labute approximate surface area is 114 Å². The van der Waals surface area contributed by atoms with Gasteiger partial charge in [-0.3, -0.25) is 4.79 Å². The summed E-state index contributed by atoms with van der Waals surface area (Å²) in [7, 11) is 3.25. The summed E-state index contributed by atoms with van der Waals surface area (Å²) in [5.74, 6) is 1.91. The first-order valence-electron chi connectivity index (χ1n) is 6.69. The maximum atomic E-state index is 12.3. The quantitative estimate of drug-likeness (QED) is 0.880. The second-order valence-corrected chi connectivity index (χ2v) is 4.86. The van der Waals surface area contributed by atoms with Crippen LogP contribution in [0.5, 0.6) is 11.5 Å². The first-order chi connectivity index (χ1) is 9.24. The third kappa shape index (κ3) is 3.47. The van der Waals surface area contributed by atoms with Crippen molar-refractivity contribution in [2.24, 2.45) is 5.92 Å². The molecule has 1 aliphatic rings. The largest absolute Gasteiger partial charge is 0.497 e. The lowest BCUT2D eigenvalue weighted by atomic mass is 9.91. The van der Waals surface area contributed by atoms with Crippen LogP contribution in [0.1, 0.15) is 18.4 Å². The molecule has 0 radical (unpaired) electrons. The highest BCUT2D eigenvalue weighted by Crippen LogP contribution is 2.26. The molecule has 1 aromatic carbocycles. The monoisotopic (exact) mass is 263 g/mol. The van der Waals surface area contributed by atoms with Crippen molar-refractivity contribution in [3.63, 3.8) is 0 Å². The van der Waals surface area contributed by atoms with Gasteiger partial charge in [-0.25, -0.2) is 0 Å². The molecule has 19 heavy (non-hydrogen) atoms. The van der Waals surface area contributed by atoms with Gasteiger partial charge in [0.1, 0.15) is 17.3 Å². The minimum atomic E-state index is 0.129. The van der Waals surface area contributed by atoms with E-state index in [9.17, 15) is 4.79 Å². The van der Waals surface area contributed by atoms with E-state index in [4.69, 9.17) is 9.47 Å². The number of Topliss-reactive ketones (excluding diaryl/α,β-unsaturated/α-hetero) is 1. The van der Waals surface area contributed by atoms with Crippen LogP contribution in [0.25, 0.3) is 0 Å². The number of rotatable bonds is 5. The average molecular weight is 263 g/mol. The molecule has 4 heteroatoms. The van der Waals surface area contributed by atoms with Crippen LogP contribution >= 0.6 is 0 Å². The molecule has 0 aromatic heterocycles. The fraction of sp³-hybridized carbons (Fsp3) is 0.533. The number of hydrogen-bond donors (Lipinski definition) is 1. The molecule has 1 N–H and O–H groups in total. The highest BCUT2D eigenvalue weighted by atomic mass is 16.5. The van der Waals surface area contributed by atoms with Gasteiger partial charge in [0.25, 0.3) is 0 Å². The first-order valence-corrected chi connectivity index (χ1v) is 6.69. The molecule has 1 aliphatic heterocycles. The number of piperidine rings is 1. The fourth-order valence-electron chi connectivity index (χ4n) is 2.48. The summed E-state index contributed by atoms with van der Waals surface area (Å²) in [5.41, 5.74) is 0.900. The lowest BCUT2D eigenvalue weighted by Gasteiger charge is -2.22. The zero-order chi connectivity index (χ0) is 13.7. The Balaban J connectivity index is 2.10. The van der Waals surface area contributed by atoms with Crippen LogP contribution in [-0.2, 0) is 11.2 Å². The van der Waals surface area contributed by atoms with Crippen molar-refractivity contribution in [2.45, 2.75) is 19.3 Å². The van der Waals surface area contributed by atoms with E-state index in [0.717, 1.165) is 43.0 Å². The third-order valence-electron chi connectivity index (χ3n) is 3.60. The standard InChI is InChI=1S/C15H21NO3/c1-18-13-5-6-15(19-2)12(8-13)9-14(17)11-4-3-7-16-10-11/h5-6,8,11,16H,3-4,7,9-10H2,1-2H3. The second-order valence-electron chi connectivity index (χ2n) is 4.86. The van der Waals surface area contributed by atoms with E-state index in [1.165, 1.54) is 0 Å². The Hall–Kier alpha value is -1.55. The predicted molar refractivity (Wildman–Crippen MR) is 73.9 cm³/mol. The summed E-state index contributed by atoms with van der Waals surface area (Å²) in [4.78, 5) is 12.3. The molecule has 4 nitrogen and oxygen atoms in total. The van der Waals surface area contributed by atoms with Crippen molar-refractivity contribution in [3.8, 4) is 11.5 Å². The number of ether oxygens (including phenoxy) is 2. The lowest BCUT2D eigenvalue weighted by Crippen LogP contribution is -2.35. The first kappa shape index (κ1) is 13.9. The molecule has 0 aliphatic carbocycles. The molecule has 1 heterocycles. The second kappa shape index (κ2) is 6.57. The molecule has 104 valence electrons. The van der Waals surface area contributed by atoms with E-state index < -0.39 is 0 Å². The smallest absolute Gasteiger partial charge is 0.141 e. The van der Waals surface area contributed by atoms with Crippen molar-refractivity contribution >= 4 is 5.78 Å². The normalized spacial score (nSPS) is 18.9. The van der Waals surface area contributed by atoms with Gasteiger partial charge in [-0.05, 0) is 37.6 Å². The van der Waals surface area contributed by atoms with Crippen LogP contribution in [0.2, 0.25) is 0 Å². The minimum absolute atomic E-state index is 0.129. The van der Waals surface area contributed by atoms with Crippen molar-refractivity contribution in [1.82, 2.24) is 5.32 Å². The topological polar surface area (TPSA) is 47.6 Å². The highest BCUT2D eigenvalue weighted by molar-refractivity contribution is 5.84. The van der Waals surface area contributed by atoms with Crippen molar-refractivity contribution < 1.29 is 14.3 Å². The van der Waals surface area contributed by atoms with Crippen molar-refractivity contribution in [1.29, 1.82) is 0 Å². The summed E-state index contributed by atoms with van der Waals surface area (Å²) < 4.78 is 10.5. The number of ketones is 1. The summed E-state index contributed by atoms with van der Waals surface area (Å²) in [5, 5.41) is 3.28. The van der Waals surface area contributed by atoms with E-state index in [2.05, 4.69) is 5.32 Å². The zero-order valence-electron chi connectivity index (χ0n) is 11.6. The van der Waals surface area contributed by atoms with E-state index in [-0.39, 0.29) is 11.7 Å². The molecule has 2 rings (SSSR count). The molecular formula is C15H21NO3. The molecule has 1 saturated heterocycles. The van der Waals surface area contributed by atoms with Crippen LogP contribution in [-0.4, -0.2) is 33.1 Å². The van der Waals surface area contributed by atoms with Gasteiger partial charge < -0.3 is 14.8 Å². The molecule has 1 fully saturated rings. The predicted octanol–water partition coefficient (Wildman–Crippen LogP) is 1.81. The number of benzene rings is 1. The van der Waals surface area contributed by atoms with Crippen LogP contribution < -0.4 is 14.8 Å². The number of nitrogens with one attached hydrogen (secondary N) is 1. The number of methoxy groups -OCH3 is 2. The van der Waals surface area contributed by atoms with Crippen LogP contribution in [0.4, 0.5) is 0 Å². The van der Waals surface area contributed by atoms with E-state index >= 15 is 0 Å². The summed E-state index contributed by atoms with van der Waals surface area (Å²) in [6, 6.07) is 5.57. The lowest BCUT2D eigenvalue weighted by molar-refractivity contribution is -0.122. The summed E-state index contributed by atoms with van der Waals surface area (Å²) >= 11 is 0. The highest BCUT2D eigenvalue weighted by Gasteiger charge is 2.22. The van der Waals surface area contributed by atoms with E-state index in [0.29, 0.717) is 6.42 Å². The summed E-state index contributed by atoms with van der Waals surface area (Å²) in [6.45, 7) is 1.82. The van der Waals surface area contributed by atoms with Gasteiger partial charge in [0.15, 0.2) is 0 Å². The Kier molecular flexibility index (Phi) is 4.80. The fourth-order valence-corrected chi connectivity index (χ4v) is 2.48. The average Bonchev–Trinajstić information content (AvgIpc) is 2.48. The molecule has 1 aromatic rings. The van der Waals surface area contributed by atoms with Gasteiger partial charge in [-0.1, -0.05) is 0 Å². The molecular weight excluding hydrogens is 242 g/mol. The van der Waals surface area contributed by atoms with Crippen LogP contribution in [0, 0.1) is 5.92 Å². The van der Waals surface area contributed by atoms with Gasteiger partial charge >= 0.3 is 0 Å². The molecule has 1 unspecified atom stereocenters. The maximum absolute atomic E-state index is 12.3. The molecule has 0 spiro atoms. The molecule has 1 atom stereocenters. The van der Waals surface area contributed by atoms with Gasteiger partial charge in [-0.15, -0.1) is 0 Å². The number of carbonyl (C=O) groups excluding carboxylic acids is 1. The van der Waals surface area contributed by atoms with Crippen LogP contribution in [0.3, 0.4) is 0 Å².